The highest BCUT2D eigenvalue weighted by Crippen LogP contribution is 2.15. The Bertz CT molecular complexity index is 826. The molecule has 23 heavy (non-hydrogen) atoms. The van der Waals surface area contributed by atoms with Crippen molar-refractivity contribution in [3.63, 3.8) is 0 Å². The van der Waals surface area contributed by atoms with E-state index in [1.165, 1.54) is 12.1 Å². The number of benzene rings is 1. The van der Waals surface area contributed by atoms with Crippen molar-refractivity contribution in [2.75, 3.05) is 6.54 Å². The molecule has 0 aliphatic rings. The Morgan fingerprint density at radius 2 is 2.17 bits per heavy atom. The largest absolute Gasteiger partial charge is 0.352 e. The molecule has 2 heterocycles. The lowest BCUT2D eigenvalue weighted by molar-refractivity contribution is 0.0952. The summed E-state index contributed by atoms with van der Waals surface area (Å²) in [5.74, 6) is 0.245. The number of nitrogens with zero attached hydrogens (tertiary/aromatic N) is 2. The van der Waals surface area contributed by atoms with Crippen LogP contribution in [0.4, 0.5) is 4.39 Å². The minimum Gasteiger partial charge on any atom is -0.352 e. The maximum Gasteiger partial charge on any atom is 0.251 e. The van der Waals surface area contributed by atoms with E-state index in [9.17, 15) is 9.18 Å². The molecule has 1 aromatic carbocycles. The van der Waals surface area contributed by atoms with Crippen LogP contribution in [0.1, 0.15) is 22.6 Å². The van der Waals surface area contributed by atoms with E-state index in [4.69, 9.17) is 0 Å². The van der Waals surface area contributed by atoms with Gasteiger partial charge < -0.3 is 9.72 Å². The molecule has 2 aromatic heterocycles. The monoisotopic (exact) mass is 375 g/mol. The van der Waals surface area contributed by atoms with Crippen molar-refractivity contribution in [1.29, 1.82) is 0 Å². The normalized spacial score (nSPS) is 10.9. The molecule has 1 N–H and O–H groups in total. The molecule has 0 saturated carbocycles. The zero-order chi connectivity index (χ0) is 16.2. The van der Waals surface area contributed by atoms with Gasteiger partial charge in [-0.2, -0.15) is 0 Å². The molecule has 0 spiro atoms. The van der Waals surface area contributed by atoms with Gasteiger partial charge in [-0.25, -0.2) is 9.37 Å². The lowest BCUT2D eigenvalue weighted by Crippen LogP contribution is -2.25. The second kappa shape index (κ2) is 6.91. The third kappa shape index (κ3) is 3.76. The number of pyridine rings is 1. The molecule has 0 fully saturated rings. The molecule has 0 aliphatic carbocycles. The smallest absolute Gasteiger partial charge is 0.251 e. The first-order valence-electron chi connectivity index (χ1n) is 7.29. The maximum atomic E-state index is 13.3. The minimum atomic E-state index is -0.437. The summed E-state index contributed by atoms with van der Waals surface area (Å²) in [6.45, 7) is 0.509. The summed E-state index contributed by atoms with van der Waals surface area (Å²) in [6.07, 6.45) is 5.32. The topological polar surface area (TPSA) is 46.4 Å². The molecule has 0 radical (unpaired) electrons. The zero-order valence-corrected chi connectivity index (χ0v) is 13.9. The average molecular weight is 376 g/mol. The summed E-state index contributed by atoms with van der Waals surface area (Å²) < 4.78 is 15.9. The van der Waals surface area contributed by atoms with E-state index in [2.05, 4.69) is 26.2 Å². The van der Waals surface area contributed by atoms with Gasteiger partial charge in [0.2, 0.25) is 0 Å². The summed E-state index contributed by atoms with van der Waals surface area (Å²) in [5.41, 5.74) is 1.36. The number of fused-ring (bicyclic) bond motifs is 1. The van der Waals surface area contributed by atoms with E-state index in [-0.39, 0.29) is 5.91 Å². The summed E-state index contributed by atoms with van der Waals surface area (Å²) >= 11 is 3.18. The second-order valence-corrected chi connectivity index (χ2v) is 6.10. The first-order chi connectivity index (χ1) is 11.1. The average Bonchev–Trinajstić information content (AvgIpc) is 2.94. The summed E-state index contributed by atoms with van der Waals surface area (Å²) in [5, 5.41) is 2.80. The molecule has 3 aromatic rings. The highest BCUT2D eigenvalue weighted by atomic mass is 79.9. The number of hydrogen-bond donors (Lipinski definition) is 1. The van der Waals surface area contributed by atoms with Gasteiger partial charge in [0.1, 0.15) is 11.6 Å². The van der Waals surface area contributed by atoms with Gasteiger partial charge in [-0.1, -0.05) is 22.0 Å². The van der Waals surface area contributed by atoms with Crippen molar-refractivity contribution in [3.05, 3.63) is 70.5 Å². The van der Waals surface area contributed by atoms with E-state index in [0.717, 1.165) is 24.2 Å². The first-order valence-corrected chi connectivity index (χ1v) is 8.08. The molecule has 3 rings (SSSR count). The zero-order valence-electron chi connectivity index (χ0n) is 12.3. The van der Waals surface area contributed by atoms with Gasteiger partial charge >= 0.3 is 0 Å². The second-order valence-electron chi connectivity index (χ2n) is 5.19. The van der Waals surface area contributed by atoms with Gasteiger partial charge in [-0.05, 0) is 36.8 Å². The predicted molar refractivity (Wildman–Crippen MR) is 89.9 cm³/mol. The molecule has 0 bridgehead atoms. The van der Waals surface area contributed by atoms with Gasteiger partial charge in [0.15, 0.2) is 0 Å². The fraction of sp³-hybridized carbons (Fsp3) is 0.176. The number of aryl methyl sites for hydroxylation is 1. The fourth-order valence-electron chi connectivity index (χ4n) is 2.42. The molecule has 0 atom stereocenters. The van der Waals surface area contributed by atoms with E-state index < -0.39 is 5.82 Å². The molecule has 4 nitrogen and oxygen atoms in total. The van der Waals surface area contributed by atoms with Crippen molar-refractivity contribution in [2.45, 2.75) is 12.8 Å². The minimum absolute atomic E-state index is 0.279. The van der Waals surface area contributed by atoms with Crippen LogP contribution in [0.25, 0.3) is 5.52 Å². The van der Waals surface area contributed by atoms with Crippen LogP contribution in [0.3, 0.4) is 0 Å². The van der Waals surface area contributed by atoms with E-state index in [1.807, 2.05) is 35.0 Å². The number of carbonyl (C=O) groups excluding carboxylic acids is 1. The molecule has 0 saturated heterocycles. The van der Waals surface area contributed by atoms with Gasteiger partial charge in [0, 0.05) is 29.2 Å². The van der Waals surface area contributed by atoms with E-state index in [1.54, 1.807) is 6.07 Å². The van der Waals surface area contributed by atoms with Crippen molar-refractivity contribution >= 4 is 27.4 Å². The van der Waals surface area contributed by atoms with Crippen molar-refractivity contribution in [3.8, 4) is 0 Å². The van der Waals surface area contributed by atoms with Crippen molar-refractivity contribution in [1.82, 2.24) is 14.7 Å². The van der Waals surface area contributed by atoms with E-state index >= 15 is 0 Å². The van der Waals surface area contributed by atoms with Crippen LogP contribution in [0.5, 0.6) is 0 Å². The number of nitrogens with one attached hydrogen (secondary N) is 1. The Hall–Kier alpha value is -2.21. The molecular weight excluding hydrogens is 361 g/mol. The van der Waals surface area contributed by atoms with Crippen molar-refractivity contribution in [2.24, 2.45) is 0 Å². The van der Waals surface area contributed by atoms with Crippen LogP contribution in [0, 0.1) is 5.82 Å². The number of carbonyl (C=O) groups is 1. The maximum absolute atomic E-state index is 13.3. The van der Waals surface area contributed by atoms with Gasteiger partial charge in [0.25, 0.3) is 5.91 Å². The standard InChI is InChI=1S/C17H15BrFN3O/c18-13-8-12(9-14(19)10-13)17(23)20-6-3-5-16-21-11-15-4-1-2-7-22(15)16/h1-2,4,7-11H,3,5-6H2,(H,20,23). The highest BCUT2D eigenvalue weighted by molar-refractivity contribution is 9.10. The summed E-state index contributed by atoms with van der Waals surface area (Å²) in [6, 6.07) is 10.1. The van der Waals surface area contributed by atoms with Crippen LogP contribution in [0.15, 0.2) is 53.3 Å². The Labute approximate surface area is 141 Å². The predicted octanol–water partition coefficient (Wildman–Crippen LogP) is 3.60. The third-order valence-electron chi connectivity index (χ3n) is 3.50. The molecule has 6 heteroatoms. The Morgan fingerprint density at radius 1 is 1.30 bits per heavy atom. The SMILES string of the molecule is O=C(NCCCc1ncc2ccccn12)c1cc(F)cc(Br)c1. The lowest BCUT2D eigenvalue weighted by atomic mass is 10.2. The summed E-state index contributed by atoms with van der Waals surface area (Å²) in [4.78, 5) is 16.4. The Kier molecular flexibility index (Phi) is 4.71. The number of aromatic nitrogens is 2. The van der Waals surface area contributed by atoms with Crippen LogP contribution in [0.2, 0.25) is 0 Å². The Morgan fingerprint density at radius 3 is 3.00 bits per heavy atom. The molecule has 1 amide bonds. The molecule has 0 aliphatic heterocycles. The van der Waals surface area contributed by atoms with Gasteiger partial charge in [0.05, 0.1) is 11.7 Å². The number of amides is 1. The Balaban J connectivity index is 1.54. The van der Waals surface area contributed by atoms with Crippen molar-refractivity contribution < 1.29 is 9.18 Å². The summed E-state index contributed by atoms with van der Waals surface area (Å²) in [7, 11) is 0. The van der Waals surface area contributed by atoms with Crippen LogP contribution in [-0.4, -0.2) is 21.8 Å². The van der Waals surface area contributed by atoms with Gasteiger partial charge in [-0.15, -0.1) is 0 Å². The number of rotatable bonds is 5. The van der Waals surface area contributed by atoms with Crippen LogP contribution in [-0.2, 0) is 6.42 Å². The molecular formula is C17H15BrFN3O. The lowest BCUT2D eigenvalue weighted by Gasteiger charge is -2.06. The molecule has 118 valence electrons. The first kappa shape index (κ1) is 15.7. The number of imidazole rings is 1. The van der Waals surface area contributed by atoms with Gasteiger partial charge in [-0.3, -0.25) is 4.79 Å². The molecule has 0 unspecified atom stereocenters. The quantitative estimate of drug-likeness (QED) is 0.692. The number of halogens is 2. The van der Waals surface area contributed by atoms with Crippen LogP contribution < -0.4 is 5.32 Å². The van der Waals surface area contributed by atoms with Crippen LogP contribution >= 0.6 is 15.9 Å². The highest BCUT2D eigenvalue weighted by Gasteiger charge is 2.08. The number of hydrogen-bond acceptors (Lipinski definition) is 2. The third-order valence-corrected chi connectivity index (χ3v) is 3.96. The fourth-order valence-corrected chi connectivity index (χ4v) is 2.89. The van der Waals surface area contributed by atoms with E-state index in [0.29, 0.717) is 16.6 Å².